The maximum atomic E-state index is 13.1. The molecule has 148 valence electrons. The first-order chi connectivity index (χ1) is 13.6. The SMILES string of the molecule is COc1ccc(C2CC(C(=O)N3CCN(c4ccc(F)cc4)CC3)NN2)cc1. The van der Waals surface area contributed by atoms with Crippen molar-refractivity contribution in [1.29, 1.82) is 0 Å². The largest absolute Gasteiger partial charge is 0.497 e. The van der Waals surface area contributed by atoms with Crippen molar-refractivity contribution in [3.8, 4) is 5.75 Å². The van der Waals surface area contributed by atoms with Crippen LogP contribution in [0.5, 0.6) is 5.75 Å². The van der Waals surface area contributed by atoms with Crippen LogP contribution in [0, 0.1) is 5.82 Å². The van der Waals surface area contributed by atoms with Gasteiger partial charge in [0, 0.05) is 37.9 Å². The van der Waals surface area contributed by atoms with E-state index in [1.165, 1.54) is 12.1 Å². The van der Waals surface area contributed by atoms with E-state index < -0.39 is 0 Å². The molecular formula is C21H25FN4O2. The van der Waals surface area contributed by atoms with Crippen LogP contribution in [0.15, 0.2) is 48.5 Å². The van der Waals surface area contributed by atoms with Crippen LogP contribution in [0.25, 0.3) is 0 Å². The van der Waals surface area contributed by atoms with Gasteiger partial charge in [-0.05, 0) is 48.4 Å². The average molecular weight is 384 g/mol. The first kappa shape index (κ1) is 18.7. The fraction of sp³-hybridized carbons (Fsp3) is 0.381. The Balaban J connectivity index is 1.31. The Morgan fingerprint density at radius 2 is 1.68 bits per heavy atom. The van der Waals surface area contributed by atoms with Gasteiger partial charge in [-0.25, -0.2) is 15.2 Å². The third-order valence-corrected chi connectivity index (χ3v) is 5.50. The lowest BCUT2D eigenvalue weighted by atomic mass is 10.0. The fourth-order valence-electron chi connectivity index (χ4n) is 3.83. The number of halogens is 1. The lowest BCUT2D eigenvalue weighted by molar-refractivity contribution is -0.133. The third-order valence-electron chi connectivity index (χ3n) is 5.50. The molecule has 0 aliphatic carbocycles. The second kappa shape index (κ2) is 8.16. The molecular weight excluding hydrogens is 359 g/mol. The van der Waals surface area contributed by atoms with Gasteiger partial charge in [-0.15, -0.1) is 0 Å². The summed E-state index contributed by atoms with van der Waals surface area (Å²) in [4.78, 5) is 17.0. The monoisotopic (exact) mass is 384 g/mol. The van der Waals surface area contributed by atoms with Gasteiger partial charge in [0.05, 0.1) is 7.11 Å². The summed E-state index contributed by atoms with van der Waals surface area (Å²) < 4.78 is 18.3. The van der Waals surface area contributed by atoms with Crippen molar-refractivity contribution >= 4 is 11.6 Å². The summed E-state index contributed by atoms with van der Waals surface area (Å²) >= 11 is 0. The second-order valence-electron chi connectivity index (χ2n) is 7.19. The van der Waals surface area contributed by atoms with E-state index in [0.717, 1.165) is 30.1 Å². The predicted octanol–water partition coefficient (Wildman–Crippen LogP) is 2.09. The number of piperazine rings is 1. The smallest absolute Gasteiger partial charge is 0.241 e. The fourth-order valence-corrected chi connectivity index (χ4v) is 3.83. The minimum absolute atomic E-state index is 0.0976. The summed E-state index contributed by atoms with van der Waals surface area (Å²) in [6, 6.07) is 14.3. The number of carbonyl (C=O) groups excluding carboxylic acids is 1. The van der Waals surface area contributed by atoms with Crippen LogP contribution in [0.4, 0.5) is 10.1 Å². The predicted molar refractivity (Wildman–Crippen MR) is 106 cm³/mol. The average Bonchev–Trinajstić information content (AvgIpc) is 3.24. The molecule has 0 spiro atoms. The number of amides is 1. The number of benzene rings is 2. The van der Waals surface area contributed by atoms with Gasteiger partial charge in [-0.3, -0.25) is 4.79 Å². The van der Waals surface area contributed by atoms with Crippen molar-refractivity contribution in [2.45, 2.75) is 18.5 Å². The summed E-state index contributed by atoms with van der Waals surface area (Å²) in [7, 11) is 1.65. The van der Waals surface area contributed by atoms with Crippen molar-refractivity contribution in [3.05, 3.63) is 59.9 Å². The first-order valence-corrected chi connectivity index (χ1v) is 9.58. The van der Waals surface area contributed by atoms with Gasteiger partial charge in [-0.2, -0.15) is 0 Å². The number of hydrazine groups is 1. The van der Waals surface area contributed by atoms with Crippen molar-refractivity contribution in [1.82, 2.24) is 15.8 Å². The van der Waals surface area contributed by atoms with Crippen LogP contribution in [-0.2, 0) is 4.79 Å². The molecule has 2 N–H and O–H groups in total. The maximum Gasteiger partial charge on any atom is 0.241 e. The number of nitrogens with one attached hydrogen (secondary N) is 2. The molecule has 2 aromatic carbocycles. The van der Waals surface area contributed by atoms with E-state index in [4.69, 9.17) is 4.74 Å². The van der Waals surface area contributed by atoms with Crippen LogP contribution in [0.2, 0.25) is 0 Å². The molecule has 0 saturated carbocycles. The van der Waals surface area contributed by atoms with Gasteiger partial charge in [0.1, 0.15) is 17.6 Å². The second-order valence-corrected chi connectivity index (χ2v) is 7.19. The lowest BCUT2D eigenvalue weighted by Crippen LogP contribution is -2.53. The summed E-state index contributed by atoms with van der Waals surface area (Å²) in [5, 5.41) is 0. The molecule has 2 saturated heterocycles. The van der Waals surface area contributed by atoms with Crippen LogP contribution in [0.3, 0.4) is 0 Å². The molecule has 4 rings (SSSR count). The summed E-state index contributed by atoms with van der Waals surface area (Å²) in [6.45, 7) is 2.84. The molecule has 2 aromatic rings. The quantitative estimate of drug-likeness (QED) is 0.846. The van der Waals surface area contributed by atoms with E-state index in [-0.39, 0.29) is 23.8 Å². The highest BCUT2D eigenvalue weighted by molar-refractivity contribution is 5.82. The molecule has 2 unspecified atom stereocenters. The van der Waals surface area contributed by atoms with Gasteiger partial charge in [-0.1, -0.05) is 12.1 Å². The summed E-state index contributed by atoms with van der Waals surface area (Å²) in [5.74, 6) is 0.715. The lowest BCUT2D eigenvalue weighted by Gasteiger charge is -2.37. The highest BCUT2D eigenvalue weighted by atomic mass is 19.1. The summed E-state index contributed by atoms with van der Waals surface area (Å²) in [5.41, 5.74) is 8.51. The molecule has 1 amide bonds. The number of carbonyl (C=O) groups is 1. The molecule has 0 radical (unpaired) electrons. The number of rotatable bonds is 4. The van der Waals surface area contributed by atoms with E-state index in [1.807, 2.05) is 29.2 Å². The number of ether oxygens (including phenoxy) is 1. The molecule has 2 heterocycles. The highest BCUT2D eigenvalue weighted by Crippen LogP contribution is 2.25. The van der Waals surface area contributed by atoms with E-state index in [1.54, 1.807) is 19.2 Å². The first-order valence-electron chi connectivity index (χ1n) is 9.58. The standard InChI is InChI=1S/C21H25FN4O2/c1-28-18-8-2-15(3-9-18)19-14-20(24-23-19)21(27)26-12-10-25(11-13-26)17-6-4-16(22)5-7-17/h2-9,19-20,23-24H,10-14H2,1H3. The Kier molecular flexibility index (Phi) is 5.45. The molecule has 0 bridgehead atoms. The van der Waals surface area contributed by atoms with Gasteiger partial charge in [0.25, 0.3) is 0 Å². The molecule has 2 fully saturated rings. The zero-order chi connectivity index (χ0) is 19.5. The van der Waals surface area contributed by atoms with Crippen molar-refractivity contribution in [3.63, 3.8) is 0 Å². The Labute approximate surface area is 164 Å². The molecule has 6 nitrogen and oxygen atoms in total. The zero-order valence-corrected chi connectivity index (χ0v) is 15.9. The Hall–Kier alpha value is -2.64. The number of methoxy groups -OCH3 is 1. The molecule has 2 aliphatic rings. The van der Waals surface area contributed by atoms with Crippen molar-refractivity contribution in [2.75, 3.05) is 38.2 Å². The highest BCUT2D eigenvalue weighted by Gasteiger charge is 2.34. The normalized spacial score (nSPS) is 22.4. The van der Waals surface area contributed by atoms with Gasteiger partial charge in [0.2, 0.25) is 5.91 Å². The van der Waals surface area contributed by atoms with Gasteiger partial charge < -0.3 is 14.5 Å². The van der Waals surface area contributed by atoms with E-state index >= 15 is 0 Å². The molecule has 28 heavy (non-hydrogen) atoms. The number of anilines is 1. The van der Waals surface area contributed by atoms with Gasteiger partial charge in [0.15, 0.2) is 0 Å². The molecule has 7 heteroatoms. The van der Waals surface area contributed by atoms with E-state index in [9.17, 15) is 9.18 Å². The number of hydrogen-bond donors (Lipinski definition) is 2. The van der Waals surface area contributed by atoms with Crippen LogP contribution >= 0.6 is 0 Å². The molecule has 2 atom stereocenters. The van der Waals surface area contributed by atoms with Crippen LogP contribution in [0.1, 0.15) is 18.0 Å². The van der Waals surface area contributed by atoms with E-state index in [0.29, 0.717) is 19.5 Å². The maximum absolute atomic E-state index is 13.1. The minimum atomic E-state index is -0.233. The number of nitrogens with zero attached hydrogens (tertiary/aromatic N) is 2. The van der Waals surface area contributed by atoms with E-state index in [2.05, 4.69) is 15.8 Å². The van der Waals surface area contributed by atoms with Crippen molar-refractivity contribution < 1.29 is 13.9 Å². The summed E-state index contributed by atoms with van der Waals surface area (Å²) in [6.07, 6.45) is 0.712. The Morgan fingerprint density at radius 1 is 1.00 bits per heavy atom. The Morgan fingerprint density at radius 3 is 2.32 bits per heavy atom. The zero-order valence-electron chi connectivity index (χ0n) is 15.9. The topological polar surface area (TPSA) is 56.8 Å². The van der Waals surface area contributed by atoms with Crippen LogP contribution in [-0.4, -0.2) is 50.1 Å². The molecule has 2 aliphatic heterocycles. The van der Waals surface area contributed by atoms with Crippen LogP contribution < -0.4 is 20.5 Å². The van der Waals surface area contributed by atoms with Crippen molar-refractivity contribution in [2.24, 2.45) is 0 Å². The third kappa shape index (κ3) is 3.95. The number of hydrogen-bond acceptors (Lipinski definition) is 5. The minimum Gasteiger partial charge on any atom is -0.497 e. The molecule has 0 aromatic heterocycles. The Bertz CT molecular complexity index is 804. The van der Waals surface area contributed by atoms with Gasteiger partial charge >= 0.3 is 0 Å².